The number of amides is 2. The summed E-state index contributed by atoms with van der Waals surface area (Å²) in [5.74, 6) is -1.18. The van der Waals surface area contributed by atoms with Gasteiger partial charge in [-0.3, -0.25) is 14.6 Å². The number of carbonyl (C=O) groups excluding carboxylic acids is 2. The Morgan fingerprint density at radius 2 is 1.84 bits per heavy atom. The van der Waals surface area contributed by atoms with E-state index in [0.717, 1.165) is 19.3 Å². The number of nitrogens with one attached hydrogen (secondary N) is 2. The Morgan fingerprint density at radius 1 is 1.03 bits per heavy atom. The number of aromatic nitrogens is 3. The normalized spacial score (nSPS) is 16.9. The highest BCUT2D eigenvalue weighted by atomic mass is 35.5. The highest BCUT2D eigenvalue weighted by Gasteiger charge is 2.27. The minimum atomic E-state index is -0.551. The summed E-state index contributed by atoms with van der Waals surface area (Å²) in [6.45, 7) is 0. The minimum Gasteiger partial charge on any atom is -0.346 e. The number of hydrogen-bond acceptors (Lipinski definition) is 5. The Balaban J connectivity index is 1.46. The maximum absolute atomic E-state index is 14.3. The van der Waals surface area contributed by atoms with Gasteiger partial charge in [0.1, 0.15) is 17.3 Å². The van der Waals surface area contributed by atoms with E-state index in [4.69, 9.17) is 17.3 Å². The Labute approximate surface area is 217 Å². The van der Waals surface area contributed by atoms with E-state index in [0.29, 0.717) is 11.3 Å². The van der Waals surface area contributed by atoms with Gasteiger partial charge in [0.05, 0.1) is 16.3 Å². The molecule has 2 aromatic carbocycles. The van der Waals surface area contributed by atoms with Crippen molar-refractivity contribution in [1.82, 2.24) is 20.1 Å². The lowest BCUT2D eigenvalue weighted by Crippen LogP contribution is -2.44. The van der Waals surface area contributed by atoms with Crippen LogP contribution in [0.25, 0.3) is 16.9 Å². The van der Waals surface area contributed by atoms with Gasteiger partial charge in [0.2, 0.25) is 0 Å². The van der Waals surface area contributed by atoms with Crippen LogP contribution in [-0.2, 0) is 0 Å². The number of pyridine rings is 1. The number of carbonyl (C=O) groups is 2. The van der Waals surface area contributed by atoms with Gasteiger partial charge >= 0.3 is 0 Å². The molecule has 4 N–H and O–H groups in total. The molecule has 0 saturated heterocycles. The molecule has 0 radical (unpaired) electrons. The molecule has 37 heavy (non-hydrogen) atoms. The lowest BCUT2D eigenvalue weighted by Gasteiger charge is -2.16. The van der Waals surface area contributed by atoms with Gasteiger partial charge in [0.25, 0.3) is 11.8 Å². The summed E-state index contributed by atoms with van der Waals surface area (Å²) in [6.07, 6.45) is 4.08. The molecule has 2 amide bonds. The van der Waals surface area contributed by atoms with Crippen molar-refractivity contribution in [3.63, 3.8) is 0 Å². The molecule has 1 aliphatic carbocycles. The highest BCUT2D eigenvalue weighted by molar-refractivity contribution is 6.34. The molecule has 8 nitrogen and oxygen atoms in total. The topological polar surface area (TPSA) is 115 Å². The molecule has 1 saturated carbocycles. The maximum atomic E-state index is 14.3. The largest absolute Gasteiger partial charge is 0.346 e. The number of halogens is 2. The second kappa shape index (κ2) is 10.5. The molecule has 2 heterocycles. The molecule has 2 aromatic heterocycles. The number of nitrogens with zero attached hydrogens (tertiary/aromatic N) is 3. The van der Waals surface area contributed by atoms with E-state index in [9.17, 15) is 14.0 Å². The lowest BCUT2D eigenvalue weighted by atomic mass is 10.1. The van der Waals surface area contributed by atoms with E-state index in [2.05, 4.69) is 20.7 Å². The number of benzene rings is 2. The van der Waals surface area contributed by atoms with Crippen LogP contribution < -0.4 is 16.4 Å². The van der Waals surface area contributed by atoms with Crippen molar-refractivity contribution in [3.05, 3.63) is 95.0 Å². The van der Waals surface area contributed by atoms with Crippen molar-refractivity contribution in [2.75, 3.05) is 5.32 Å². The average molecular weight is 519 g/mol. The van der Waals surface area contributed by atoms with E-state index in [1.54, 1.807) is 18.2 Å². The van der Waals surface area contributed by atoms with Crippen molar-refractivity contribution in [2.45, 2.75) is 31.3 Å². The van der Waals surface area contributed by atoms with E-state index in [1.807, 2.05) is 18.2 Å². The molecule has 0 unspecified atom stereocenters. The predicted octanol–water partition coefficient (Wildman–Crippen LogP) is 4.59. The fourth-order valence-corrected chi connectivity index (χ4v) is 4.59. The van der Waals surface area contributed by atoms with Crippen LogP contribution in [0, 0.1) is 5.82 Å². The predicted molar refractivity (Wildman–Crippen MR) is 139 cm³/mol. The number of anilines is 1. The fraction of sp³-hybridized carbons (Fsp3) is 0.185. The van der Waals surface area contributed by atoms with Crippen molar-refractivity contribution in [2.24, 2.45) is 5.73 Å². The van der Waals surface area contributed by atoms with Gasteiger partial charge < -0.3 is 16.4 Å². The second-order valence-electron chi connectivity index (χ2n) is 8.82. The molecule has 0 spiro atoms. The molecule has 4 aromatic rings. The summed E-state index contributed by atoms with van der Waals surface area (Å²) in [5, 5.41) is 10.4. The maximum Gasteiger partial charge on any atom is 0.272 e. The van der Waals surface area contributed by atoms with Crippen LogP contribution >= 0.6 is 11.6 Å². The third-order valence-electron chi connectivity index (χ3n) is 6.31. The first-order chi connectivity index (χ1) is 17.9. The molecule has 188 valence electrons. The molecule has 2 atom stereocenters. The molecule has 1 fully saturated rings. The van der Waals surface area contributed by atoms with Crippen LogP contribution in [-0.4, -0.2) is 38.7 Å². The minimum absolute atomic E-state index is 0.0994. The van der Waals surface area contributed by atoms with Crippen molar-refractivity contribution in [1.29, 1.82) is 0 Å². The first-order valence-corrected chi connectivity index (χ1v) is 12.2. The second-order valence-corrected chi connectivity index (χ2v) is 9.23. The van der Waals surface area contributed by atoms with E-state index in [-0.39, 0.29) is 45.8 Å². The van der Waals surface area contributed by atoms with Crippen LogP contribution in [0.15, 0.2) is 72.9 Å². The summed E-state index contributed by atoms with van der Waals surface area (Å²) in [4.78, 5) is 30.4. The van der Waals surface area contributed by atoms with E-state index in [1.165, 1.54) is 41.2 Å². The van der Waals surface area contributed by atoms with Crippen LogP contribution in [0.4, 0.5) is 10.2 Å². The van der Waals surface area contributed by atoms with Gasteiger partial charge in [0.15, 0.2) is 5.69 Å². The van der Waals surface area contributed by atoms with Gasteiger partial charge in [0, 0.05) is 29.9 Å². The van der Waals surface area contributed by atoms with Gasteiger partial charge in [-0.15, -0.1) is 0 Å². The average Bonchev–Trinajstić information content (AvgIpc) is 3.51. The highest BCUT2D eigenvalue weighted by Crippen LogP contribution is 2.27. The van der Waals surface area contributed by atoms with Gasteiger partial charge in [-0.1, -0.05) is 35.9 Å². The van der Waals surface area contributed by atoms with E-state index >= 15 is 0 Å². The molecule has 5 rings (SSSR count). The Kier molecular flexibility index (Phi) is 6.98. The molecule has 0 aliphatic heterocycles. The van der Waals surface area contributed by atoms with Gasteiger partial charge in [-0.2, -0.15) is 5.10 Å². The summed E-state index contributed by atoms with van der Waals surface area (Å²) < 4.78 is 15.8. The molecular formula is C27H24ClFN6O2. The SMILES string of the molecule is N[C@@H]1CCC[C@H]1NC(=O)c1cc(NC(=O)c2cc(-c3ncccc3F)ccc2Cl)n(-c2ccccc2)n1. The van der Waals surface area contributed by atoms with Crippen LogP contribution in [0.2, 0.25) is 5.02 Å². The third kappa shape index (κ3) is 5.23. The molecule has 1 aliphatic rings. The zero-order chi connectivity index (χ0) is 25.9. The molecular weight excluding hydrogens is 495 g/mol. The Hall–Kier alpha value is -4.08. The number of nitrogens with two attached hydrogens (primary N) is 1. The number of rotatable bonds is 6. The van der Waals surface area contributed by atoms with Crippen molar-refractivity contribution < 1.29 is 14.0 Å². The standard InChI is InChI=1S/C27H24ClFN6O2/c28-19-12-11-16(25-20(29)8-5-13-31-25)14-18(19)26(36)33-24-15-23(27(37)32-22-10-4-9-21(22)30)34-35(24)17-6-2-1-3-7-17/h1-3,5-8,11-15,21-22H,4,9-10,30H2,(H,32,37)(H,33,36)/t21-,22-/m1/s1. The van der Waals surface area contributed by atoms with E-state index < -0.39 is 11.7 Å². The lowest BCUT2D eigenvalue weighted by molar-refractivity contribution is 0.0928. The summed E-state index contributed by atoms with van der Waals surface area (Å²) in [6, 6.07) is 17.7. The monoisotopic (exact) mass is 518 g/mol. The fourth-order valence-electron chi connectivity index (χ4n) is 4.39. The van der Waals surface area contributed by atoms with Gasteiger partial charge in [-0.05, 0) is 55.7 Å². The number of hydrogen-bond donors (Lipinski definition) is 3. The summed E-state index contributed by atoms with van der Waals surface area (Å²) in [7, 11) is 0. The Morgan fingerprint density at radius 3 is 2.57 bits per heavy atom. The smallest absolute Gasteiger partial charge is 0.272 e. The van der Waals surface area contributed by atoms with Crippen LogP contribution in [0.1, 0.15) is 40.1 Å². The first-order valence-electron chi connectivity index (χ1n) is 11.8. The van der Waals surface area contributed by atoms with Crippen molar-refractivity contribution >= 4 is 29.2 Å². The van der Waals surface area contributed by atoms with Crippen molar-refractivity contribution in [3.8, 4) is 16.9 Å². The third-order valence-corrected chi connectivity index (χ3v) is 6.64. The summed E-state index contributed by atoms with van der Waals surface area (Å²) >= 11 is 6.33. The van der Waals surface area contributed by atoms with Gasteiger partial charge in [-0.25, -0.2) is 9.07 Å². The quantitative estimate of drug-likeness (QED) is 0.345. The first kappa shape index (κ1) is 24.6. The summed E-state index contributed by atoms with van der Waals surface area (Å²) in [5.41, 5.74) is 7.50. The zero-order valence-corrected chi connectivity index (χ0v) is 20.5. The Bertz CT molecular complexity index is 1460. The molecule has 10 heteroatoms. The zero-order valence-electron chi connectivity index (χ0n) is 19.7. The molecule has 0 bridgehead atoms. The number of para-hydroxylation sites is 1. The van der Waals surface area contributed by atoms with Crippen LogP contribution in [0.5, 0.6) is 0 Å². The van der Waals surface area contributed by atoms with Crippen LogP contribution in [0.3, 0.4) is 0 Å².